The van der Waals surface area contributed by atoms with Gasteiger partial charge in [0.1, 0.15) is 5.75 Å². The zero-order valence-electron chi connectivity index (χ0n) is 9.99. The van der Waals surface area contributed by atoms with Crippen LogP contribution in [0.2, 0.25) is 5.02 Å². The van der Waals surface area contributed by atoms with Gasteiger partial charge in [0, 0.05) is 18.6 Å². The van der Waals surface area contributed by atoms with E-state index in [1.165, 1.54) is 0 Å². The molecule has 3 nitrogen and oxygen atoms in total. The Labute approximate surface area is 107 Å². The number of ether oxygens (including phenoxy) is 2. The van der Waals surface area contributed by atoms with E-state index in [4.69, 9.17) is 26.8 Å². The number of hydrogen-bond donors (Lipinski definition) is 1. The first-order valence-electron chi connectivity index (χ1n) is 5.92. The summed E-state index contributed by atoms with van der Waals surface area (Å²) in [5, 5.41) is 0.624. The van der Waals surface area contributed by atoms with Crippen LogP contribution < -0.4 is 10.5 Å². The van der Waals surface area contributed by atoms with Crippen LogP contribution in [0.25, 0.3) is 0 Å². The minimum Gasteiger partial charge on any atom is -0.492 e. The van der Waals surface area contributed by atoms with Crippen molar-refractivity contribution in [1.82, 2.24) is 0 Å². The summed E-state index contributed by atoms with van der Waals surface area (Å²) in [4.78, 5) is 0. The topological polar surface area (TPSA) is 44.5 Å². The maximum absolute atomic E-state index is 6.15. The van der Waals surface area contributed by atoms with Gasteiger partial charge in [0.25, 0.3) is 0 Å². The normalized spacial score (nSPS) is 21.5. The van der Waals surface area contributed by atoms with Crippen LogP contribution in [-0.2, 0) is 4.74 Å². The van der Waals surface area contributed by atoms with E-state index in [0.29, 0.717) is 17.5 Å². The van der Waals surface area contributed by atoms with Crippen molar-refractivity contribution in [3.8, 4) is 5.75 Å². The fraction of sp³-hybridized carbons (Fsp3) is 0.538. The monoisotopic (exact) mass is 255 g/mol. The number of hydrogen-bond acceptors (Lipinski definition) is 3. The summed E-state index contributed by atoms with van der Waals surface area (Å²) < 4.78 is 11.0. The van der Waals surface area contributed by atoms with Crippen molar-refractivity contribution in [2.24, 2.45) is 11.7 Å². The number of benzene rings is 1. The summed E-state index contributed by atoms with van der Waals surface area (Å²) in [5.41, 5.74) is 6.81. The summed E-state index contributed by atoms with van der Waals surface area (Å²) in [6.45, 7) is 4.22. The van der Waals surface area contributed by atoms with Crippen molar-refractivity contribution in [2.45, 2.75) is 19.4 Å². The molecule has 2 N–H and O–H groups in total. The lowest BCUT2D eigenvalue weighted by atomic mass is 10.1. The predicted molar refractivity (Wildman–Crippen MR) is 68.5 cm³/mol. The number of halogens is 1. The second kappa shape index (κ2) is 5.71. The van der Waals surface area contributed by atoms with E-state index in [1.807, 2.05) is 25.1 Å². The predicted octanol–water partition coefficient (Wildman–Crippen LogP) is 2.78. The first-order valence-corrected chi connectivity index (χ1v) is 6.30. The Bertz CT molecular complexity index is 376. The minimum atomic E-state index is -0.00946. The third-order valence-electron chi connectivity index (χ3n) is 2.98. The van der Waals surface area contributed by atoms with Crippen LogP contribution in [0.1, 0.15) is 24.9 Å². The smallest absolute Gasteiger partial charge is 0.137 e. The van der Waals surface area contributed by atoms with Gasteiger partial charge in [-0.25, -0.2) is 0 Å². The molecule has 1 fully saturated rings. The molecule has 0 saturated carbocycles. The van der Waals surface area contributed by atoms with Crippen molar-refractivity contribution in [2.75, 3.05) is 19.8 Å². The third kappa shape index (κ3) is 3.35. The molecule has 2 atom stereocenters. The first-order chi connectivity index (χ1) is 8.16. The Morgan fingerprint density at radius 2 is 2.41 bits per heavy atom. The van der Waals surface area contributed by atoms with Crippen molar-refractivity contribution in [3.05, 3.63) is 28.8 Å². The standard InChI is InChI=1S/C13H18ClNO2/c1-9(15)11-2-3-13(12(14)6-11)17-8-10-4-5-16-7-10/h2-3,6,9-10H,4-5,7-8,15H2,1H3/t9-,10?/m0/s1. The molecule has 2 rings (SSSR count). The van der Waals surface area contributed by atoms with Gasteiger partial charge >= 0.3 is 0 Å². The van der Waals surface area contributed by atoms with E-state index in [0.717, 1.165) is 30.9 Å². The lowest BCUT2D eigenvalue weighted by molar-refractivity contribution is 0.167. The minimum absolute atomic E-state index is 0.00946. The molecule has 1 heterocycles. The number of rotatable bonds is 4. The Hall–Kier alpha value is -0.770. The molecule has 94 valence electrons. The van der Waals surface area contributed by atoms with E-state index >= 15 is 0 Å². The van der Waals surface area contributed by atoms with Gasteiger partial charge in [0.2, 0.25) is 0 Å². The third-order valence-corrected chi connectivity index (χ3v) is 3.28. The van der Waals surface area contributed by atoms with Gasteiger partial charge in [-0.1, -0.05) is 17.7 Å². The van der Waals surface area contributed by atoms with Gasteiger partial charge in [-0.05, 0) is 31.0 Å². The van der Waals surface area contributed by atoms with E-state index in [2.05, 4.69) is 0 Å². The first kappa shape index (κ1) is 12.7. The molecule has 1 saturated heterocycles. The average molecular weight is 256 g/mol. The molecular weight excluding hydrogens is 238 g/mol. The van der Waals surface area contributed by atoms with Crippen LogP contribution in [0.3, 0.4) is 0 Å². The van der Waals surface area contributed by atoms with E-state index in [9.17, 15) is 0 Å². The summed E-state index contributed by atoms with van der Waals surface area (Å²) in [6.07, 6.45) is 1.07. The van der Waals surface area contributed by atoms with Crippen LogP contribution >= 0.6 is 11.6 Å². The summed E-state index contributed by atoms with van der Waals surface area (Å²) in [5.74, 6) is 1.21. The van der Waals surface area contributed by atoms with Crippen LogP contribution in [0, 0.1) is 5.92 Å². The lowest BCUT2D eigenvalue weighted by Gasteiger charge is -2.13. The second-order valence-electron chi connectivity index (χ2n) is 4.52. The summed E-state index contributed by atoms with van der Waals surface area (Å²) in [7, 11) is 0. The Kier molecular flexibility index (Phi) is 4.26. The second-order valence-corrected chi connectivity index (χ2v) is 4.93. The van der Waals surface area contributed by atoms with E-state index < -0.39 is 0 Å². The maximum Gasteiger partial charge on any atom is 0.137 e. The fourth-order valence-corrected chi connectivity index (χ4v) is 2.08. The highest BCUT2D eigenvalue weighted by Crippen LogP contribution is 2.28. The zero-order chi connectivity index (χ0) is 12.3. The van der Waals surface area contributed by atoms with Crippen LogP contribution in [0.5, 0.6) is 5.75 Å². The van der Waals surface area contributed by atoms with Gasteiger partial charge in [-0.15, -0.1) is 0 Å². The van der Waals surface area contributed by atoms with Gasteiger partial charge in [-0.3, -0.25) is 0 Å². The molecule has 0 aliphatic carbocycles. The van der Waals surface area contributed by atoms with E-state index in [-0.39, 0.29) is 6.04 Å². The molecule has 0 aromatic heterocycles. The van der Waals surface area contributed by atoms with Gasteiger partial charge in [-0.2, -0.15) is 0 Å². The number of nitrogens with two attached hydrogens (primary N) is 1. The molecule has 0 radical (unpaired) electrons. The molecule has 1 aliphatic rings. The molecule has 0 bridgehead atoms. The molecule has 17 heavy (non-hydrogen) atoms. The quantitative estimate of drug-likeness (QED) is 0.900. The molecule has 0 amide bonds. The molecule has 4 heteroatoms. The Morgan fingerprint density at radius 1 is 1.59 bits per heavy atom. The van der Waals surface area contributed by atoms with Crippen molar-refractivity contribution in [1.29, 1.82) is 0 Å². The summed E-state index contributed by atoms with van der Waals surface area (Å²) >= 11 is 6.15. The molecule has 1 unspecified atom stereocenters. The van der Waals surface area contributed by atoms with Gasteiger partial charge in [0.05, 0.1) is 18.2 Å². The average Bonchev–Trinajstić information content (AvgIpc) is 2.80. The largest absolute Gasteiger partial charge is 0.492 e. The highest BCUT2D eigenvalue weighted by atomic mass is 35.5. The van der Waals surface area contributed by atoms with Gasteiger partial charge < -0.3 is 15.2 Å². The molecule has 0 spiro atoms. The maximum atomic E-state index is 6.15. The Balaban J connectivity index is 1.96. The van der Waals surface area contributed by atoms with E-state index in [1.54, 1.807) is 0 Å². The molecular formula is C13H18ClNO2. The highest BCUT2D eigenvalue weighted by molar-refractivity contribution is 6.32. The SMILES string of the molecule is C[C@H](N)c1ccc(OCC2CCOC2)c(Cl)c1. The summed E-state index contributed by atoms with van der Waals surface area (Å²) in [6, 6.07) is 5.70. The van der Waals surface area contributed by atoms with Crippen LogP contribution in [0.4, 0.5) is 0 Å². The van der Waals surface area contributed by atoms with Crippen LogP contribution in [-0.4, -0.2) is 19.8 Å². The van der Waals surface area contributed by atoms with Crippen molar-refractivity contribution in [3.63, 3.8) is 0 Å². The molecule has 1 aromatic rings. The lowest BCUT2D eigenvalue weighted by Crippen LogP contribution is -2.12. The fourth-order valence-electron chi connectivity index (χ4n) is 1.84. The van der Waals surface area contributed by atoms with Crippen LogP contribution in [0.15, 0.2) is 18.2 Å². The van der Waals surface area contributed by atoms with Crippen molar-refractivity contribution < 1.29 is 9.47 Å². The Morgan fingerprint density at radius 3 is 3.00 bits per heavy atom. The van der Waals surface area contributed by atoms with Crippen molar-refractivity contribution >= 4 is 11.6 Å². The molecule has 1 aliphatic heterocycles. The highest BCUT2D eigenvalue weighted by Gasteiger charge is 2.16. The van der Waals surface area contributed by atoms with Gasteiger partial charge in [0.15, 0.2) is 0 Å². The molecule has 1 aromatic carbocycles. The zero-order valence-corrected chi connectivity index (χ0v) is 10.7.